The Balaban J connectivity index is 2.46. The Hall–Kier alpha value is -2.21. The van der Waals surface area contributed by atoms with Gasteiger partial charge in [0.15, 0.2) is 5.69 Å². The zero-order chi connectivity index (χ0) is 15.8. The van der Waals surface area contributed by atoms with Gasteiger partial charge in [-0.3, -0.25) is 9.59 Å². The fraction of sp³-hybridized carbons (Fsp3) is 0.400. The summed E-state index contributed by atoms with van der Waals surface area (Å²) in [5.41, 5.74) is -2.18. The van der Waals surface area contributed by atoms with Gasteiger partial charge in [-0.1, -0.05) is 18.2 Å². The number of carbonyl (C=O) groups excluding carboxylic acids is 1. The predicted octanol–water partition coefficient (Wildman–Crippen LogP) is 1.20. The van der Waals surface area contributed by atoms with Gasteiger partial charge >= 0.3 is 0 Å². The lowest BCUT2D eigenvalue weighted by Gasteiger charge is -2.37. The first kappa shape index (κ1) is 15.2. The van der Waals surface area contributed by atoms with E-state index in [1.165, 1.54) is 0 Å². The number of amides is 1. The first-order valence-corrected chi connectivity index (χ1v) is 6.66. The van der Waals surface area contributed by atoms with Crippen LogP contribution < -0.4 is 10.9 Å². The number of aromatic nitrogens is 2. The highest BCUT2D eigenvalue weighted by Gasteiger charge is 2.37. The molecule has 2 rings (SSSR count). The maximum Gasteiger partial charge on any atom is 0.272 e. The zero-order valence-corrected chi connectivity index (χ0v) is 12.5. The molecular formula is C15H19N3O3. The average molecular weight is 289 g/mol. The minimum absolute atomic E-state index is 0.127. The van der Waals surface area contributed by atoms with E-state index in [1.807, 2.05) is 0 Å². The summed E-state index contributed by atoms with van der Waals surface area (Å²) in [4.78, 5) is 24.1. The van der Waals surface area contributed by atoms with Gasteiger partial charge in [-0.05, 0) is 33.8 Å². The summed E-state index contributed by atoms with van der Waals surface area (Å²) in [6.45, 7) is 6.68. The van der Waals surface area contributed by atoms with Crippen LogP contribution in [-0.2, 0) is 0 Å². The summed E-state index contributed by atoms with van der Waals surface area (Å²) in [5, 5.41) is 19.9. The molecule has 6 nitrogen and oxygen atoms in total. The van der Waals surface area contributed by atoms with Crippen molar-refractivity contribution < 1.29 is 9.90 Å². The molecule has 112 valence electrons. The van der Waals surface area contributed by atoms with Crippen molar-refractivity contribution >= 4 is 16.7 Å². The Bertz CT molecular complexity index is 742. The molecule has 0 fully saturated rings. The Morgan fingerprint density at radius 1 is 1.19 bits per heavy atom. The number of nitrogens with one attached hydrogen (secondary N) is 2. The molecule has 0 aliphatic carbocycles. The van der Waals surface area contributed by atoms with Crippen molar-refractivity contribution in [3.8, 4) is 0 Å². The van der Waals surface area contributed by atoms with E-state index in [4.69, 9.17) is 0 Å². The minimum atomic E-state index is -1.11. The number of aliphatic hydroxyl groups is 1. The molecule has 0 aliphatic rings. The molecule has 1 heterocycles. The number of benzene rings is 1. The molecule has 0 unspecified atom stereocenters. The standard InChI is InChI=1S/C15H19N3O3/c1-14(2,15(3,4)21)16-13(20)11-9-7-5-6-8-10(9)12(19)18-17-11/h5-8,21H,1-4H3,(H,16,20)(H,18,19). The molecule has 0 spiro atoms. The topological polar surface area (TPSA) is 95.1 Å². The number of fused-ring (bicyclic) bond motifs is 1. The Kier molecular flexibility index (Phi) is 3.59. The summed E-state index contributed by atoms with van der Waals surface area (Å²) in [6.07, 6.45) is 0. The van der Waals surface area contributed by atoms with E-state index in [-0.39, 0.29) is 11.3 Å². The maximum atomic E-state index is 12.4. The van der Waals surface area contributed by atoms with E-state index in [0.717, 1.165) is 0 Å². The van der Waals surface area contributed by atoms with Crippen molar-refractivity contribution in [3.05, 3.63) is 40.3 Å². The highest BCUT2D eigenvalue weighted by molar-refractivity contribution is 6.05. The van der Waals surface area contributed by atoms with Gasteiger partial charge in [0, 0.05) is 5.39 Å². The average Bonchev–Trinajstić information content (AvgIpc) is 2.37. The van der Waals surface area contributed by atoms with E-state index >= 15 is 0 Å². The van der Waals surface area contributed by atoms with Crippen LogP contribution in [0, 0.1) is 0 Å². The fourth-order valence-corrected chi connectivity index (χ4v) is 1.78. The summed E-state index contributed by atoms with van der Waals surface area (Å²) >= 11 is 0. The van der Waals surface area contributed by atoms with Crippen molar-refractivity contribution in [2.75, 3.05) is 0 Å². The molecule has 0 bridgehead atoms. The van der Waals surface area contributed by atoms with E-state index in [9.17, 15) is 14.7 Å². The van der Waals surface area contributed by atoms with Crippen LogP contribution >= 0.6 is 0 Å². The lowest BCUT2D eigenvalue weighted by molar-refractivity contribution is -0.00300. The molecule has 6 heteroatoms. The van der Waals surface area contributed by atoms with Gasteiger partial charge in [0.1, 0.15) is 0 Å². The van der Waals surface area contributed by atoms with Gasteiger partial charge < -0.3 is 10.4 Å². The van der Waals surface area contributed by atoms with Crippen LogP contribution in [0.2, 0.25) is 0 Å². The lowest BCUT2D eigenvalue weighted by atomic mass is 9.86. The SMILES string of the molecule is CC(C)(O)C(C)(C)NC(=O)c1n[nH]c(=O)c2ccccc12. The first-order valence-electron chi connectivity index (χ1n) is 6.66. The number of hydrogen-bond acceptors (Lipinski definition) is 4. The lowest BCUT2D eigenvalue weighted by Crippen LogP contribution is -2.57. The smallest absolute Gasteiger partial charge is 0.272 e. The second-order valence-corrected chi connectivity index (χ2v) is 6.09. The van der Waals surface area contributed by atoms with Crippen LogP contribution in [-0.4, -0.2) is 32.4 Å². The molecular weight excluding hydrogens is 270 g/mol. The Labute approximate surface area is 122 Å². The molecule has 1 amide bonds. The molecule has 3 N–H and O–H groups in total. The van der Waals surface area contributed by atoms with Gasteiger partial charge in [0.25, 0.3) is 11.5 Å². The quantitative estimate of drug-likeness (QED) is 0.791. The van der Waals surface area contributed by atoms with Crippen LogP contribution in [0.15, 0.2) is 29.1 Å². The normalized spacial score (nSPS) is 12.4. The number of nitrogens with zero attached hydrogens (tertiary/aromatic N) is 1. The van der Waals surface area contributed by atoms with E-state index in [1.54, 1.807) is 52.0 Å². The highest BCUT2D eigenvalue weighted by atomic mass is 16.3. The fourth-order valence-electron chi connectivity index (χ4n) is 1.78. The number of hydrogen-bond donors (Lipinski definition) is 3. The highest BCUT2D eigenvalue weighted by Crippen LogP contribution is 2.21. The molecule has 21 heavy (non-hydrogen) atoms. The summed E-state index contributed by atoms with van der Waals surface area (Å²) in [5.74, 6) is -0.449. The van der Waals surface area contributed by atoms with Crippen LogP contribution in [0.25, 0.3) is 10.8 Å². The second kappa shape index (κ2) is 4.96. The maximum absolute atomic E-state index is 12.4. The van der Waals surface area contributed by atoms with E-state index in [0.29, 0.717) is 10.8 Å². The van der Waals surface area contributed by atoms with Gasteiger partial charge in [0.2, 0.25) is 0 Å². The van der Waals surface area contributed by atoms with Crippen molar-refractivity contribution in [1.82, 2.24) is 15.5 Å². The first-order chi connectivity index (χ1) is 9.63. The number of aromatic amines is 1. The number of carbonyl (C=O) groups is 1. The zero-order valence-electron chi connectivity index (χ0n) is 12.5. The van der Waals surface area contributed by atoms with Gasteiger partial charge in [-0.15, -0.1) is 0 Å². The van der Waals surface area contributed by atoms with Gasteiger partial charge in [-0.2, -0.15) is 5.10 Å². The van der Waals surface area contributed by atoms with E-state index < -0.39 is 17.0 Å². The molecule has 2 aromatic rings. The molecule has 1 aromatic heterocycles. The molecule has 0 radical (unpaired) electrons. The molecule has 0 atom stereocenters. The van der Waals surface area contributed by atoms with Gasteiger partial charge in [0.05, 0.1) is 16.5 Å². The monoisotopic (exact) mass is 289 g/mol. The largest absolute Gasteiger partial charge is 0.388 e. The third-order valence-electron chi connectivity index (χ3n) is 3.87. The van der Waals surface area contributed by atoms with Gasteiger partial charge in [-0.25, -0.2) is 5.10 Å². The van der Waals surface area contributed by atoms with Crippen LogP contribution in [0.1, 0.15) is 38.2 Å². The second-order valence-electron chi connectivity index (χ2n) is 6.09. The van der Waals surface area contributed by atoms with Crippen molar-refractivity contribution in [3.63, 3.8) is 0 Å². The molecule has 0 aliphatic heterocycles. The predicted molar refractivity (Wildman–Crippen MR) is 80.2 cm³/mol. The summed E-state index contributed by atoms with van der Waals surface area (Å²) in [7, 11) is 0. The van der Waals surface area contributed by atoms with Crippen LogP contribution in [0.5, 0.6) is 0 Å². The minimum Gasteiger partial charge on any atom is -0.388 e. The molecule has 0 saturated heterocycles. The third-order valence-corrected chi connectivity index (χ3v) is 3.87. The van der Waals surface area contributed by atoms with Crippen molar-refractivity contribution in [1.29, 1.82) is 0 Å². The molecule has 0 saturated carbocycles. The Morgan fingerprint density at radius 2 is 1.76 bits per heavy atom. The Morgan fingerprint density at radius 3 is 2.33 bits per heavy atom. The number of H-pyrrole nitrogens is 1. The van der Waals surface area contributed by atoms with Crippen LogP contribution in [0.4, 0.5) is 0 Å². The summed E-state index contributed by atoms with van der Waals surface area (Å²) < 4.78 is 0. The van der Waals surface area contributed by atoms with Crippen molar-refractivity contribution in [2.24, 2.45) is 0 Å². The van der Waals surface area contributed by atoms with Crippen molar-refractivity contribution in [2.45, 2.75) is 38.8 Å². The van der Waals surface area contributed by atoms with E-state index in [2.05, 4.69) is 15.5 Å². The summed E-state index contributed by atoms with van der Waals surface area (Å²) in [6, 6.07) is 6.76. The van der Waals surface area contributed by atoms with Crippen LogP contribution in [0.3, 0.4) is 0 Å². The third kappa shape index (κ3) is 2.80. The number of rotatable bonds is 3. The molecule has 1 aromatic carbocycles.